The fraction of sp³-hybridized carbons (Fsp3) is 0.556. The summed E-state index contributed by atoms with van der Waals surface area (Å²) in [6, 6.07) is 4.74. The number of rotatable bonds is 15. The quantitative estimate of drug-likeness (QED) is 0.336. The first kappa shape index (κ1) is 28.1. The number of hydrogen-bond acceptors (Lipinski definition) is 7. The number of ether oxygens (including phenoxy) is 3. The van der Waals surface area contributed by atoms with Gasteiger partial charge >= 0.3 is 5.63 Å². The number of hydrogen-bond donors (Lipinski definition) is 2. The molecule has 2 rings (SSSR count). The second kappa shape index (κ2) is 14.3. The van der Waals surface area contributed by atoms with Gasteiger partial charge in [0, 0.05) is 30.5 Å². The third kappa shape index (κ3) is 7.67. The highest BCUT2D eigenvalue weighted by molar-refractivity contribution is 5.78. The summed E-state index contributed by atoms with van der Waals surface area (Å²) >= 11 is 0. The molecule has 0 saturated heterocycles. The number of benzene rings is 1. The van der Waals surface area contributed by atoms with E-state index in [0.29, 0.717) is 29.4 Å². The molecule has 0 fully saturated rings. The zero-order chi connectivity index (χ0) is 25.8. The Morgan fingerprint density at radius 1 is 1.00 bits per heavy atom. The van der Waals surface area contributed by atoms with E-state index in [9.17, 15) is 14.7 Å². The van der Waals surface area contributed by atoms with Gasteiger partial charge in [-0.15, -0.1) is 0 Å². The van der Waals surface area contributed by atoms with Gasteiger partial charge in [0.15, 0.2) is 11.5 Å². The maximum absolute atomic E-state index is 12.9. The van der Waals surface area contributed by atoms with Crippen LogP contribution in [0, 0.1) is 6.92 Å². The lowest BCUT2D eigenvalue weighted by Gasteiger charge is -2.22. The molecule has 1 atom stereocenters. The van der Waals surface area contributed by atoms with Crippen LogP contribution in [0.25, 0.3) is 0 Å². The van der Waals surface area contributed by atoms with Gasteiger partial charge in [0.05, 0.1) is 26.9 Å². The number of aromatic hydroxyl groups is 1. The Kier molecular flexibility index (Phi) is 11.5. The Labute approximate surface area is 207 Å². The Morgan fingerprint density at radius 3 is 2.26 bits per heavy atom. The number of aryl methyl sites for hydroxylation is 1. The highest BCUT2D eigenvalue weighted by Crippen LogP contribution is 2.45. The van der Waals surface area contributed by atoms with Gasteiger partial charge in [-0.05, 0) is 19.4 Å². The predicted molar refractivity (Wildman–Crippen MR) is 135 cm³/mol. The van der Waals surface area contributed by atoms with Gasteiger partial charge in [-0.2, -0.15) is 0 Å². The fourth-order valence-corrected chi connectivity index (χ4v) is 4.26. The van der Waals surface area contributed by atoms with Gasteiger partial charge in [-0.1, -0.05) is 51.5 Å². The molecule has 8 heteroatoms. The van der Waals surface area contributed by atoms with Crippen LogP contribution in [0.15, 0.2) is 27.4 Å². The highest BCUT2D eigenvalue weighted by Gasteiger charge is 2.30. The second-order valence-electron chi connectivity index (χ2n) is 8.59. The van der Waals surface area contributed by atoms with Crippen LogP contribution < -0.4 is 25.2 Å². The van der Waals surface area contributed by atoms with Crippen molar-refractivity contribution in [3.63, 3.8) is 0 Å². The zero-order valence-corrected chi connectivity index (χ0v) is 21.6. The molecule has 1 heterocycles. The molecular weight excluding hydrogens is 450 g/mol. The lowest BCUT2D eigenvalue weighted by atomic mass is 9.87. The van der Waals surface area contributed by atoms with Gasteiger partial charge in [0.25, 0.3) is 0 Å². The van der Waals surface area contributed by atoms with E-state index in [0.717, 1.165) is 19.3 Å². The van der Waals surface area contributed by atoms with Gasteiger partial charge in [-0.25, -0.2) is 4.79 Å². The maximum Gasteiger partial charge on any atom is 0.343 e. The fourth-order valence-electron chi connectivity index (χ4n) is 4.26. The summed E-state index contributed by atoms with van der Waals surface area (Å²) in [7, 11) is 4.45. The molecule has 0 saturated carbocycles. The molecule has 2 aromatic rings. The van der Waals surface area contributed by atoms with E-state index in [1.807, 2.05) is 0 Å². The largest absolute Gasteiger partial charge is 0.507 e. The van der Waals surface area contributed by atoms with Crippen molar-refractivity contribution in [3.8, 4) is 23.0 Å². The number of methoxy groups -OCH3 is 3. The molecule has 1 aromatic heterocycles. The van der Waals surface area contributed by atoms with Crippen molar-refractivity contribution in [1.82, 2.24) is 5.32 Å². The summed E-state index contributed by atoms with van der Waals surface area (Å²) in [6.45, 7) is 4.32. The summed E-state index contributed by atoms with van der Waals surface area (Å²) in [5.74, 6) is 0.0643. The van der Waals surface area contributed by atoms with Crippen molar-refractivity contribution in [2.75, 3.05) is 27.9 Å². The van der Waals surface area contributed by atoms with Crippen molar-refractivity contribution in [2.24, 2.45) is 0 Å². The summed E-state index contributed by atoms with van der Waals surface area (Å²) in [4.78, 5) is 25.7. The minimum absolute atomic E-state index is 0.00723. The van der Waals surface area contributed by atoms with Crippen LogP contribution in [0.5, 0.6) is 23.0 Å². The Hall–Kier alpha value is -3.16. The van der Waals surface area contributed by atoms with Gasteiger partial charge in [0.2, 0.25) is 11.7 Å². The van der Waals surface area contributed by atoms with E-state index in [1.165, 1.54) is 53.1 Å². The van der Waals surface area contributed by atoms with E-state index >= 15 is 0 Å². The third-order valence-corrected chi connectivity index (χ3v) is 6.04. The van der Waals surface area contributed by atoms with E-state index < -0.39 is 11.5 Å². The van der Waals surface area contributed by atoms with Crippen LogP contribution in [-0.4, -0.2) is 38.9 Å². The van der Waals surface area contributed by atoms with Gasteiger partial charge in [-0.3, -0.25) is 4.79 Å². The number of amides is 1. The standard InChI is InChI=1S/C27H39NO7/c1-6-7-8-9-10-11-12-15-28-23(30)17-20(24-21(29)16-18(2)35-27(24)31)19-13-14-22(32-3)26(34-5)25(19)33-4/h13-14,16,20,29H,6-12,15,17H2,1-5H3,(H,28,30)/t20-/m1/s1. The molecule has 0 spiro atoms. The average Bonchev–Trinajstić information content (AvgIpc) is 2.83. The van der Waals surface area contributed by atoms with Crippen molar-refractivity contribution in [3.05, 3.63) is 45.5 Å². The van der Waals surface area contributed by atoms with Crippen LogP contribution in [0.3, 0.4) is 0 Å². The van der Waals surface area contributed by atoms with Crippen molar-refractivity contribution in [1.29, 1.82) is 0 Å². The first-order valence-electron chi connectivity index (χ1n) is 12.3. The van der Waals surface area contributed by atoms with Gasteiger partial charge < -0.3 is 29.1 Å². The molecule has 1 aromatic carbocycles. The summed E-state index contributed by atoms with van der Waals surface area (Å²) < 4.78 is 21.7. The highest BCUT2D eigenvalue weighted by atomic mass is 16.5. The molecule has 0 aliphatic carbocycles. The predicted octanol–water partition coefficient (Wildman–Crippen LogP) is 5.07. The molecule has 0 aliphatic heterocycles. The van der Waals surface area contributed by atoms with E-state index in [4.69, 9.17) is 18.6 Å². The number of carbonyl (C=O) groups excluding carboxylic acids is 1. The topological polar surface area (TPSA) is 107 Å². The summed E-state index contributed by atoms with van der Waals surface area (Å²) in [6.07, 6.45) is 7.96. The first-order chi connectivity index (χ1) is 16.9. The Bertz CT molecular complexity index is 1020. The molecule has 0 unspecified atom stereocenters. The SMILES string of the molecule is CCCCCCCCCNC(=O)C[C@H](c1ccc(OC)c(OC)c1OC)c1c(O)cc(C)oc1=O. The number of unbranched alkanes of at least 4 members (excludes halogenated alkanes) is 6. The van der Waals surface area contributed by atoms with Crippen molar-refractivity contribution >= 4 is 5.91 Å². The molecule has 2 N–H and O–H groups in total. The summed E-state index contributed by atoms with van der Waals surface area (Å²) in [5, 5.41) is 13.6. The van der Waals surface area contributed by atoms with E-state index in [2.05, 4.69) is 12.2 Å². The van der Waals surface area contributed by atoms with Gasteiger partial charge in [0.1, 0.15) is 11.5 Å². The second-order valence-corrected chi connectivity index (χ2v) is 8.59. The zero-order valence-electron chi connectivity index (χ0n) is 21.6. The molecule has 0 radical (unpaired) electrons. The van der Waals surface area contributed by atoms with Crippen molar-refractivity contribution in [2.45, 2.75) is 71.1 Å². The Morgan fingerprint density at radius 2 is 1.66 bits per heavy atom. The molecule has 35 heavy (non-hydrogen) atoms. The van der Waals surface area contributed by atoms with Crippen LogP contribution in [-0.2, 0) is 4.79 Å². The smallest absolute Gasteiger partial charge is 0.343 e. The maximum atomic E-state index is 12.9. The van der Waals surface area contributed by atoms with Crippen LogP contribution >= 0.6 is 0 Å². The minimum atomic E-state index is -0.823. The monoisotopic (exact) mass is 489 g/mol. The normalized spacial score (nSPS) is 11.7. The molecule has 8 nitrogen and oxygen atoms in total. The molecule has 194 valence electrons. The van der Waals surface area contributed by atoms with Crippen LogP contribution in [0.2, 0.25) is 0 Å². The van der Waals surface area contributed by atoms with E-state index in [1.54, 1.807) is 19.1 Å². The molecule has 1 amide bonds. The Balaban J connectivity index is 2.28. The third-order valence-electron chi connectivity index (χ3n) is 6.04. The minimum Gasteiger partial charge on any atom is -0.507 e. The number of carbonyl (C=O) groups is 1. The van der Waals surface area contributed by atoms with Crippen LogP contribution in [0.4, 0.5) is 0 Å². The first-order valence-corrected chi connectivity index (χ1v) is 12.3. The number of nitrogens with one attached hydrogen (secondary N) is 1. The molecule has 0 aliphatic rings. The lowest BCUT2D eigenvalue weighted by molar-refractivity contribution is -0.121. The van der Waals surface area contributed by atoms with Crippen LogP contribution in [0.1, 0.15) is 81.1 Å². The average molecular weight is 490 g/mol. The lowest BCUT2D eigenvalue weighted by Crippen LogP contribution is -2.28. The molecule has 0 bridgehead atoms. The van der Waals surface area contributed by atoms with Crippen molar-refractivity contribution < 1.29 is 28.5 Å². The van der Waals surface area contributed by atoms with E-state index in [-0.39, 0.29) is 29.4 Å². The molecular formula is C27H39NO7. The summed E-state index contributed by atoms with van der Waals surface area (Å²) in [5.41, 5.74) is -0.209.